The van der Waals surface area contributed by atoms with Crippen LogP contribution in [0, 0.1) is 0 Å². The predicted molar refractivity (Wildman–Crippen MR) is 66.0 cm³/mol. The number of anilines is 1. The highest BCUT2D eigenvalue weighted by Gasteiger charge is 2.11. The highest BCUT2D eigenvalue weighted by molar-refractivity contribution is 7.13. The molecule has 0 spiro atoms. The number of esters is 1. The number of methoxy groups -OCH3 is 1. The van der Waals surface area contributed by atoms with Gasteiger partial charge in [0.05, 0.1) is 19.2 Å². The second kappa shape index (κ2) is 6.48. The lowest BCUT2D eigenvalue weighted by atomic mass is 10.4. The minimum atomic E-state index is -0.175. The summed E-state index contributed by atoms with van der Waals surface area (Å²) >= 11 is 1.63. The summed E-state index contributed by atoms with van der Waals surface area (Å²) in [6, 6.07) is 0. The summed E-state index contributed by atoms with van der Waals surface area (Å²) in [5.41, 5.74) is 1.11. The van der Waals surface area contributed by atoms with Crippen molar-refractivity contribution in [3.05, 3.63) is 11.1 Å². The summed E-state index contributed by atoms with van der Waals surface area (Å²) < 4.78 is 4.62. The number of aryl methyl sites for hydroxylation is 1. The van der Waals surface area contributed by atoms with Gasteiger partial charge in [-0.25, -0.2) is 4.98 Å². The molecular weight excluding hydrogens is 224 g/mol. The Labute approximate surface area is 100 Å². The number of thiazole rings is 1. The van der Waals surface area contributed by atoms with Crippen LogP contribution in [0.3, 0.4) is 0 Å². The topological polar surface area (TPSA) is 42.4 Å². The van der Waals surface area contributed by atoms with Gasteiger partial charge < -0.3 is 9.64 Å². The van der Waals surface area contributed by atoms with Crippen molar-refractivity contribution < 1.29 is 9.53 Å². The van der Waals surface area contributed by atoms with Crippen LogP contribution in [-0.2, 0) is 16.0 Å². The largest absolute Gasteiger partial charge is 0.469 e. The first-order valence-corrected chi connectivity index (χ1v) is 6.35. The number of aromatic nitrogens is 1. The van der Waals surface area contributed by atoms with E-state index in [9.17, 15) is 4.79 Å². The molecule has 16 heavy (non-hydrogen) atoms. The number of hydrogen-bond donors (Lipinski definition) is 0. The zero-order valence-electron chi connectivity index (χ0n) is 10.0. The molecule has 0 saturated heterocycles. The van der Waals surface area contributed by atoms with Gasteiger partial charge in [-0.3, -0.25) is 4.79 Å². The first kappa shape index (κ1) is 13.0. The Bertz CT molecular complexity index is 338. The van der Waals surface area contributed by atoms with E-state index in [1.807, 2.05) is 0 Å². The highest BCUT2D eigenvalue weighted by atomic mass is 32.1. The Balaban J connectivity index is 2.56. The molecule has 90 valence electrons. The monoisotopic (exact) mass is 242 g/mol. The van der Waals surface area contributed by atoms with Gasteiger partial charge in [-0.15, -0.1) is 11.3 Å². The molecule has 0 fully saturated rings. The number of carbonyl (C=O) groups excluding carboxylic acids is 1. The number of rotatable bonds is 6. The Hall–Kier alpha value is -1.10. The van der Waals surface area contributed by atoms with Crippen molar-refractivity contribution >= 4 is 22.4 Å². The van der Waals surface area contributed by atoms with E-state index in [1.165, 1.54) is 7.11 Å². The molecule has 0 aliphatic carbocycles. The van der Waals surface area contributed by atoms with Crippen molar-refractivity contribution in [2.45, 2.75) is 26.7 Å². The third-order valence-corrected chi connectivity index (χ3v) is 3.32. The van der Waals surface area contributed by atoms with Gasteiger partial charge in [0, 0.05) is 18.5 Å². The fraction of sp³-hybridized carbons (Fsp3) is 0.636. The van der Waals surface area contributed by atoms with E-state index in [0.717, 1.165) is 23.8 Å². The number of carbonyl (C=O) groups is 1. The van der Waals surface area contributed by atoms with E-state index in [2.05, 4.69) is 33.8 Å². The molecule has 5 heteroatoms. The molecule has 1 aromatic rings. The van der Waals surface area contributed by atoms with E-state index in [1.54, 1.807) is 11.3 Å². The molecule has 0 atom stereocenters. The smallest absolute Gasteiger partial charge is 0.307 e. The van der Waals surface area contributed by atoms with Gasteiger partial charge in [0.25, 0.3) is 0 Å². The Morgan fingerprint density at radius 3 is 2.81 bits per heavy atom. The van der Waals surface area contributed by atoms with Gasteiger partial charge >= 0.3 is 5.97 Å². The molecule has 1 aromatic heterocycles. The lowest BCUT2D eigenvalue weighted by Crippen LogP contribution is -2.26. The van der Waals surface area contributed by atoms with Crippen molar-refractivity contribution in [3.8, 4) is 0 Å². The normalized spacial score (nSPS) is 10.2. The molecule has 4 nitrogen and oxygen atoms in total. The van der Waals surface area contributed by atoms with Crippen LogP contribution in [0.1, 0.15) is 26.0 Å². The van der Waals surface area contributed by atoms with Crippen LogP contribution < -0.4 is 4.90 Å². The molecule has 1 heterocycles. The Morgan fingerprint density at radius 1 is 1.56 bits per heavy atom. The lowest BCUT2D eigenvalue weighted by molar-refractivity contribution is -0.140. The Morgan fingerprint density at radius 2 is 2.31 bits per heavy atom. The van der Waals surface area contributed by atoms with Crippen molar-refractivity contribution in [2.75, 3.05) is 25.1 Å². The molecule has 0 saturated carbocycles. The number of ether oxygens (including phenoxy) is 1. The summed E-state index contributed by atoms with van der Waals surface area (Å²) in [5, 5.41) is 3.05. The van der Waals surface area contributed by atoms with Crippen LogP contribution >= 0.6 is 11.3 Å². The molecule has 1 rings (SSSR count). The summed E-state index contributed by atoms with van der Waals surface area (Å²) in [7, 11) is 1.41. The molecule has 0 aliphatic rings. The van der Waals surface area contributed by atoms with Crippen LogP contribution in [0.15, 0.2) is 5.38 Å². The third-order valence-electron chi connectivity index (χ3n) is 2.37. The van der Waals surface area contributed by atoms with Gasteiger partial charge in [-0.1, -0.05) is 6.92 Å². The van der Waals surface area contributed by atoms with E-state index in [0.29, 0.717) is 13.0 Å². The fourth-order valence-corrected chi connectivity index (χ4v) is 2.32. The summed E-state index contributed by atoms with van der Waals surface area (Å²) in [4.78, 5) is 17.7. The van der Waals surface area contributed by atoms with Crippen molar-refractivity contribution in [3.63, 3.8) is 0 Å². The molecule has 0 N–H and O–H groups in total. The van der Waals surface area contributed by atoms with Crippen LogP contribution in [0.25, 0.3) is 0 Å². The second-order valence-electron chi connectivity index (χ2n) is 3.38. The maximum atomic E-state index is 11.1. The summed E-state index contributed by atoms with van der Waals surface area (Å²) in [6.07, 6.45) is 1.36. The van der Waals surface area contributed by atoms with Crippen molar-refractivity contribution in [1.29, 1.82) is 0 Å². The first-order chi connectivity index (χ1) is 7.71. The standard InChI is InChI=1S/C11H18N2O2S/c1-4-9-8-16-11(12-9)13(5-2)7-6-10(14)15-3/h8H,4-7H2,1-3H3. The molecule has 0 amide bonds. The van der Waals surface area contributed by atoms with E-state index in [-0.39, 0.29) is 5.97 Å². The van der Waals surface area contributed by atoms with E-state index in [4.69, 9.17) is 0 Å². The van der Waals surface area contributed by atoms with Crippen LogP contribution in [-0.4, -0.2) is 31.2 Å². The van der Waals surface area contributed by atoms with Gasteiger partial charge in [0.2, 0.25) is 0 Å². The molecule has 0 unspecified atom stereocenters. The van der Waals surface area contributed by atoms with E-state index >= 15 is 0 Å². The number of hydrogen-bond acceptors (Lipinski definition) is 5. The SMILES string of the molecule is CCc1csc(N(CC)CCC(=O)OC)n1. The van der Waals surface area contributed by atoms with E-state index < -0.39 is 0 Å². The fourth-order valence-electron chi connectivity index (χ4n) is 1.32. The van der Waals surface area contributed by atoms with Gasteiger partial charge in [0.15, 0.2) is 5.13 Å². The van der Waals surface area contributed by atoms with Crippen LogP contribution in [0.5, 0.6) is 0 Å². The van der Waals surface area contributed by atoms with Gasteiger partial charge in [0.1, 0.15) is 0 Å². The first-order valence-electron chi connectivity index (χ1n) is 5.47. The van der Waals surface area contributed by atoms with Crippen molar-refractivity contribution in [1.82, 2.24) is 4.98 Å². The van der Waals surface area contributed by atoms with Crippen LogP contribution in [0.2, 0.25) is 0 Å². The third kappa shape index (κ3) is 3.48. The predicted octanol–water partition coefficient (Wildman–Crippen LogP) is 2.09. The zero-order valence-corrected chi connectivity index (χ0v) is 10.8. The van der Waals surface area contributed by atoms with Crippen molar-refractivity contribution in [2.24, 2.45) is 0 Å². The Kier molecular flexibility index (Phi) is 5.25. The minimum absolute atomic E-state index is 0.175. The second-order valence-corrected chi connectivity index (χ2v) is 4.22. The molecule has 0 bridgehead atoms. The molecule has 0 aliphatic heterocycles. The molecular formula is C11H18N2O2S. The maximum Gasteiger partial charge on any atom is 0.307 e. The minimum Gasteiger partial charge on any atom is -0.469 e. The average Bonchev–Trinajstić information content (AvgIpc) is 2.78. The quantitative estimate of drug-likeness (QED) is 0.716. The lowest BCUT2D eigenvalue weighted by Gasteiger charge is -2.18. The van der Waals surface area contributed by atoms with Gasteiger partial charge in [-0.2, -0.15) is 0 Å². The highest BCUT2D eigenvalue weighted by Crippen LogP contribution is 2.20. The van der Waals surface area contributed by atoms with Crippen LogP contribution in [0.4, 0.5) is 5.13 Å². The molecule has 0 radical (unpaired) electrons. The summed E-state index contributed by atoms with van der Waals surface area (Å²) in [6.45, 7) is 5.67. The number of nitrogens with zero attached hydrogens (tertiary/aromatic N) is 2. The maximum absolute atomic E-state index is 11.1. The van der Waals surface area contributed by atoms with Gasteiger partial charge in [-0.05, 0) is 13.3 Å². The molecule has 0 aromatic carbocycles. The zero-order chi connectivity index (χ0) is 12.0. The average molecular weight is 242 g/mol. The summed E-state index contributed by atoms with van der Waals surface area (Å²) in [5.74, 6) is -0.175.